The number of alkyl halides is 10. The Bertz CT molecular complexity index is 324. The first-order valence-electron chi connectivity index (χ1n) is 4.83. The van der Waals surface area contributed by atoms with Gasteiger partial charge in [-0.15, -0.1) is 0 Å². The summed E-state index contributed by atoms with van der Waals surface area (Å²) in [5, 5.41) is 0. The molecule has 0 rings (SSSR count). The predicted molar refractivity (Wildman–Crippen MR) is 123 cm³/mol. The second kappa shape index (κ2) is 7.58. The summed E-state index contributed by atoms with van der Waals surface area (Å²) in [6, 6.07) is 0. The van der Waals surface area contributed by atoms with Crippen LogP contribution in [0, 0.1) is 5.92 Å². The van der Waals surface area contributed by atoms with Crippen LogP contribution in [-0.4, -0.2) is 16.2 Å². The molecule has 116 valence electrons. The minimum Gasteiger partial charge on any atom is -0.0704 e. The zero-order chi connectivity index (χ0) is 16.1. The van der Waals surface area contributed by atoms with Gasteiger partial charge in [0, 0.05) is 0 Å². The molecule has 0 aliphatic rings. The molecule has 0 unspecified atom stereocenters. The summed E-state index contributed by atoms with van der Waals surface area (Å²) in [5.41, 5.74) is 0. The van der Waals surface area contributed by atoms with Crippen molar-refractivity contribution in [1.29, 1.82) is 0 Å². The average Bonchev–Trinajstić information content (AvgIpc) is 2.14. The summed E-state index contributed by atoms with van der Waals surface area (Å²) in [5.74, 6) is 0.286. The van der Waals surface area contributed by atoms with Gasteiger partial charge in [0.25, 0.3) is 0 Å². The molecule has 0 nitrogen and oxygen atoms in total. The van der Waals surface area contributed by atoms with Crippen molar-refractivity contribution in [3.05, 3.63) is 0 Å². The summed E-state index contributed by atoms with van der Waals surface area (Å²) in [4.78, 5) is 0. The molecule has 0 radical (unpaired) electrons. The van der Waals surface area contributed by atoms with E-state index in [4.69, 9.17) is 0 Å². The lowest BCUT2D eigenvalue weighted by molar-refractivity contribution is 0.519. The van der Waals surface area contributed by atoms with Gasteiger partial charge >= 0.3 is 0 Å². The highest BCUT2D eigenvalue weighted by molar-refractivity contribution is 9.35. The molecule has 19 heavy (non-hydrogen) atoms. The van der Waals surface area contributed by atoms with E-state index in [1.165, 1.54) is 0 Å². The van der Waals surface area contributed by atoms with Crippen LogP contribution >= 0.6 is 159 Å². The summed E-state index contributed by atoms with van der Waals surface area (Å²) in [6.45, 7) is 6.22. The minimum absolute atomic E-state index is 0.286. The van der Waals surface area contributed by atoms with E-state index in [0.29, 0.717) is 0 Å². The van der Waals surface area contributed by atoms with E-state index in [1.807, 2.05) is 6.92 Å². The lowest BCUT2D eigenvalue weighted by Gasteiger charge is -2.52. The van der Waals surface area contributed by atoms with Crippen molar-refractivity contribution in [2.75, 3.05) is 0 Å². The SMILES string of the molecule is CC(C)C(Br)(Br)C(Br)(Br)C(Br)(Br)C(Br)(Br)C(C)(Br)Br. The minimum atomic E-state index is -0.654. The third-order valence-corrected chi connectivity index (χ3v) is 22.8. The lowest BCUT2D eigenvalue weighted by Crippen LogP contribution is -2.61. The van der Waals surface area contributed by atoms with Gasteiger partial charge in [-0.1, -0.05) is 173 Å². The highest BCUT2D eigenvalue weighted by Gasteiger charge is 2.69. The van der Waals surface area contributed by atoms with Crippen LogP contribution < -0.4 is 0 Å². The van der Waals surface area contributed by atoms with Crippen LogP contribution in [0.4, 0.5) is 0 Å². The lowest BCUT2D eigenvalue weighted by atomic mass is 10.0. The van der Waals surface area contributed by atoms with Gasteiger partial charge in [0.05, 0.1) is 0 Å². The van der Waals surface area contributed by atoms with Crippen LogP contribution in [-0.2, 0) is 0 Å². The van der Waals surface area contributed by atoms with Crippen molar-refractivity contribution < 1.29 is 0 Å². The maximum atomic E-state index is 3.78. The molecule has 0 aromatic carbocycles. The normalized spacial score (nSPS) is 16.1. The molecule has 0 saturated heterocycles. The number of rotatable bonds is 5. The highest BCUT2D eigenvalue weighted by atomic mass is 79.9. The topological polar surface area (TPSA) is 0 Å². The van der Waals surface area contributed by atoms with Gasteiger partial charge in [0.15, 0.2) is 0 Å². The molecule has 0 N–H and O–H groups in total. The van der Waals surface area contributed by atoms with Gasteiger partial charge in [-0.05, 0) is 12.8 Å². The Hall–Kier alpha value is 4.80. The first kappa shape index (κ1) is 23.8. The number of halogens is 10. The monoisotopic (exact) mass is 907 g/mol. The van der Waals surface area contributed by atoms with Crippen LogP contribution in [0.3, 0.4) is 0 Å². The molecule has 10 heteroatoms. The van der Waals surface area contributed by atoms with E-state index in [2.05, 4.69) is 173 Å². The van der Waals surface area contributed by atoms with E-state index in [9.17, 15) is 0 Å². The van der Waals surface area contributed by atoms with Crippen molar-refractivity contribution in [3.8, 4) is 0 Å². The Morgan fingerprint density at radius 3 is 1.11 bits per heavy atom. The van der Waals surface area contributed by atoms with Gasteiger partial charge in [0.2, 0.25) is 0 Å². The summed E-state index contributed by atoms with van der Waals surface area (Å²) < 4.78 is -2.74. The summed E-state index contributed by atoms with van der Waals surface area (Å²) in [7, 11) is 0. The fraction of sp³-hybridized carbons (Fsp3) is 1.00. The summed E-state index contributed by atoms with van der Waals surface area (Å²) in [6.07, 6.45) is 0. The molecule has 0 saturated carbocycles. The maximum Gasteiger partial charge on any atom is 0.135 e. The Kier molecular flexibility index (Phi) is 9.50. The standard InChI is InChI=1S/C9H10Br10/c1-4(2)6(12,13)8(16,17)9(18,19)7(14,15)5(3,10)11/h4H,1-3H3. The molecule has 0 bridgehead atoms. The van der Waals surface area contributed by atoms with Crippen molar-refractivity contribution in [1.82, 2.24) is 0 Å². The highest BCUT2D eigenvalue weighted by Crippen LogP contribution is 2.71. The molecular weight excluding hydrogens is 907 g/mol. The fourth-order valence-corrected chi connectivity index (χ4v) is 8.95. The molecule has 0 amide bonds. The van der Waals surface area contributed by atoms with Crippen LogP contribution in [0.25, 0.3) is 0 Å². The Labute approximate surface area is 198 Å². The van der Waals surface area contributed by atoms with Crippen molar-refractivity contribution in [2.45, 2.75) is 36.9 Å². The van der Waals surface area contributed by atoms with Crippen molar-refractivity contribution in [2.24, 2.45) is 5.92 Å². The molecule has 0 aromatic heterocycles. The maximum absolute atomic E-state index is 3.78. The van der Waals surface area contributed by atoms with Crippen molar-refractivity contribution >= 4 is 159 Å². The van der Waals surface area contributed by atoms with Crippen LogP contribution in [0.5, 0.6) is 0 Å². The van der Waals surface area contributed by atoms with Crippen molar-refractivity contribution in [3.63, 3.8) is 0 Å². The van der Waals surface area contributed by atoms with Gasteiger partial charge in [-0.2, -0.15) is 0 Å². The molecule has 0 aromatic rings. The molecule has 0 aliphatic carbocycles. The second-order valence-electron chi connectivity index (χ2n) is 4.39. The number of hydrogen-bond acceptors (Lipinski definition) is 0. The van der Waals surface area contributed by atoms with Gasteiger partial charge in [-0.3, -0.25) is 0 Å². The van der Waals surface area contributed by atoms with Crippen LogP contribution in [0.15, 0.2) is 0 Å². The Morgan fingerprint density at radius 1 is 0.579 bits per heavy atom. The third kappa shape index (κ3) is 4.50. The first-order valence-corrected chi connectivity index (χ1v) is 12.8. The van der Waals surface area contributed by atoms with E-state index in [0.717, 1.165) is 0 Å². The second-order valence-corrected chi connectivity index (χ2v) is 22.5. The smallest absolute Gasteiger partial charge is 0.0704 e. The van der Waals surface area contributed by atoms with E-state index >= 15 is 0 Å². The molecular formula is C9H10Br10. The Balaban J connectivity index is 5.92. The molecule has 0 fully saturated rings. The quantitative estimate of drug-likeness (QED) is 0.242. The zero-order valence-electron chi connectivity index (χ0n) is 9.86. The predicted octanol–water partition coefficient (Wildman–Crippen LogP) is 9.09. The third-order valence-electron chi connectivity index (χ3n) is 2.48. The number of hydrogen-bond donors (Lipinski definition) is 0. The van der Waals surface area contributed by atoms with Gasteiger partial charge in [-0.25, -0.2) is 0 Å². The average molecular weight is 917 g/mol. The molecule has 0 spiro atoms. The largest absolute Gasteiger partial charge is 0.135 e. The van der Waals surface area contributed by atoms with Gasteiger partial charge in [0.1, 0.15) is 16.2 Å². The zero-order valence-corrected chi connectivity index (χ0v) is 25.7. The van der Waals surface area contributed by atoms with E-state index in [-0.39, 0.29) is 5.92 Å². The summed E-state index contributed by atoms with van der Waals surface area (Å²) >= 11 is 37.3. The Morgan fingerprint density at radius 2 is 0.895 bits per heavy atom. The molecule has 0 heterocycles. The van der Waals surface area contributed by atoms with E-state index in [1.54, 1.807) is 0 Å². The first-order chi connectivity index (χ1) is 7.94. The molecule has 0 atom stereocenters. The van der Waals surface area contributed by atoms with E-state index < -0.39 is 16.2 Å². The van der Waals surface area contributed by atoms with Gasteiger partial charge < -0.3 is 0 Å². The van der Waals surface area contributed by atoms with Crippen LogP contribution in [0.2, 0.25) is 0 Å². The molecule has 0 aliphatic heterocycles. The van der Waals surface area contributed by atoms with Crippen LogP contribution in [0.1, 0.15) is 20.8 Å². The fourth-order valence-electron chi connectivity index (χ4n) is 1.04.